The van der Waals surface area contributed by atoms with Crippen molar-refractivity contribution in [3.8, 4) is 5.75 Å². The van der Waals surface area contributed by atoms with Gasteiger partial charge < -0.3 is 10.5 Å². The minimum absolute atomic E-state index is 0.437. The van der Waals surface area contributed by atoms with Gasteiger partial charge in [0.25, 0.3) is 0 Å². The molecule has 0 radical (unpaired) electrons. The Morgan fingerprint density at radius 2 is 2.05 bits per heavy atom. The summed E-state index contributed by atoms with van der Waals surface area (Å²) >= 11 is 1.75. The van der Waals surface area contributed by atoms with Crippen LogP contribution in [0.1, 0.15) is 10.4 Å². The Kier molecular flexibility index (Phi) is 3.95. The summed E-state index contributed by atoms with van der Waals surface area (Å²) in [5, 5.41) is 3.12. The lowest BCUT2D eigenvalue weighted by Gasteiger charge is -2.12. The zero-order valence-electron chi connectivity index (χ0n) is 11.1. The highest BCUT2D eigenvalue weighted by molar-refractivity contribution is 7.09. The Morgan fingerprint density at radius 3 is 2.85 bits per heavy atom. The van der Waals surface area contributed by atoms with Crippen molar-refractivity contribution in [2.45, 2.75) is 13.0 Å². The first-order valence-corrected chi connectivity index (χ1v) is 7.48. The van der Waals surface area contributed by atoms with E-state index in [2.05, 4.69) is 22.5 Å². The average Bonchev–Trinajstić information content (AvgIpc) is 3.00. The minimum Gasteiger partial charge on any atom is -0.492 e. The highest BCUT2D eigenvalue weighted by Crippen LogP contribution is 2.28. The summed E-state index contributed by atoms with van der Waals surface area (Å²) in [5.41, 5.74) is 7.68. The van der Waals surface area contributed by atoms with Crippen LogP contribution in [0.3, 0.4) is 0 Å². The van der Waals surface area contributed by atoms with E-state index in [1.165, 1.54) is 4.88 Å². The number of fused-ring (bicyclic) bond motifs is 1. The molecule has 0 unspecified atom stereocenters. The minimum atomic E-state index is 0.437. The summed E-state index contributed by atoms with van der Waals surface area (Å²) in [6.45, 7) is 1.09. The zero-order valence-corrected chi connectivity index (χ0v) is 11.9. The Morgan fingerprint density at radius 1 is 1.15 bits per heavy atom. The van der Waals surface area contributed by atoms with Gasteiger partial charge in [-0.3, -0.25) is 4.98 Å². The SMILES string of the molecule is NCc1cnc2ccccc2c1OCCc1cccs1. The molecule has 0 saturated carbocycles. The maximum atomic E-state index is 6.00. The standard InChI is InChI=1S/C16H16N2OS/c17-10-12-11-18-15-6-2-1-5-14(15)16(12)19-8-7-13-4-3-9-20-13/h1-6,9,11H,7-8,10,17H2. The summed E-state index contributed by atoms with van der Waals surface area (Å²) in [6, 6.07) is 12.2. The van der Waals surface area contributed by atoms with E-state index in [0.717, 1.165) is 28.6 Å². The third-order valence-corrected chi connectivity index (χ3v) is 4.13. The monoisotopic (exact) mass is 284 g/mol. The van der Waals surface area contributed by atoms with Crippen LogP contribution in [0.25, 0.3) is 10.9 Å². The number of para-hydroxylation sites is 1. The first-order valence-electron chi connectivity index (χ1n) is 6.60. The van der Waals surface area contributed by atoms with E-state index >= 15 is 0 Å². The molecule has 0 amide bonds. The van der Waals surface area contributed by atoms with Gasteiger partial charge in [-0.15, -0.1) is 11.3 Å². The highest BCUT2D eigenvalue weighted by atomic mass is 32.1. The summed E-state index contributed by atoms with van der Waals surface area (Å²) < 4.78 is 6.00. The van der Waals surface area contributed by atoms with Crippen LogP contribution in [0, 0.1) is 0 Å². The molecule has 2 heterocycles. The van der Waals surface area contributed by atoms with Crippen molar-refractivity contribution in [2.24, 2.45) is 5.73 Å². The molecule has 3 aromatic rings. The number of nitrogens with zero attached hydrogens (tertiary/aromatic N) is 1. The van der Waals surface area contributed by atoms with Gasteiger partial charge in [0.05, 0.1) is 12.1 Å². The van der Waals surface area contributed by atoms with Crippen molar-refractivity contribution in [1.29, 1.82) is 0 Å². The second kappa shape index (κ2) is 6.03. The molecule has 2 aromatic heterocycles. The van der Waals surface area contributed by atoms with Crippen LogP contribution < -0.4 is 10.5 Å². The number of hydrogen-bond acceptors (Lipinski definition) is 4. The van der Waals surface area contributed by atoms with E-state index in [1.54, 1.807) is 11.3 Å². The number of hydrogen-bond donors (Lipinski definition) is 1. The van der Waals surface area contributed by atoms with Crippen LogP contribution in [0.15, 0.2) is 48.0 Å². The van der Waals surface area contributed by atoms with Gasteiger partial charge in [0, 0.05) is 35.0 Å². The zero-order chi connectivity index (χ0) is 13.8. The van der Waals surface area contributed by atoms with Gasteiger partial charge in [-0.1, -0.05) is 18.2 Å². The van der Waals surface area contributed by atoms with E-state index in [0.29, 0.717) is 13.2 Å². The molecule has 0 aliphatic rings. The molecule has 4 heteroatoms. The van der Waals surface area contributed by atoms with E-state index in [4.69, 9.17) is 10.5 Å². The maximum absolute atomic E-state index is 6.00. The smallest absolute Gasteiger partial charge is 0.134 e. The lowest BCUT2D eigenvalue weighted by molar-refractivity contribution is 0.323. The normalized spacial score (nSPS) is 10.8. The molecule has 3 rings (SSSR count). The summed E-state index contributed by atoms with van der Waals surface area (Å²) in [5.74, 6) is 0.870. The van der Waals surface area contributed by atoms with E-state index < -0.39 is 0 Å². The topological polar surface area (TPSA) is 48.1 Å². The fourth-order valence-electron chi connectivity index (χ4n) is 2.18. The lowest BCUT2D eigenvalue weighted by atomic mass is 10.1. The number of ether oxygens (including phenoxy) is 1. The largest absolute Gasteiger partial charge is 0.492 e. The van der Waals surface area contributed by atoms with Crippen molar-refractivity contribution in [3.63, 3.8) is 0 Å². The first kappa shape index (κ1) is 13.1. The van der Waals surface area contributed by atoms with Crippen molar-refractivity contribution in [1.82, 2.24) is 4.98 Å². The van der Waals surface area contributed by atoms with Crippen molar-refractivity contribution >= 4 is 22.2 Å². The van der Waals surface area contributed by atoms with Crippen LogP contribution in [0.2, 0.25) is 0 Å². The fraction of sp³-hybridized carbons (Fsp3) is 0.188. The van der Waals surface area contributed by atoms with Gasteiger partial charge in [-0.25, -0.2) is 0 Å². The number of benzene rings is 1. The summed E-state index contributed by atoms with van der Waals surface area (Å²) in [6.07, 6.45) is 2.72. The number of pyridine rings is 1. The Balaban J connectivity index is 1.85. The van der Waals surface area contributed by atoms with Gasteiger partial charge >= 0.3 is 0 Å². The summed E-state index contributed by atoms with van der Waals surface area (Å²) in [7, 11) is 0. The predicted octanol–water partition coefficient (Wildman–Crippen LogP) is 3.38. The molecular formula is C16H16N2OS. The van der Waals surface area contributed by atoms with Crippen molar-refractivity contribution in [2.75, 3.05) is 6.61 Å². The molecule has 3 nitrogen and oxygen atoms in total. The molecule has 20 heavy (non-hydrogen) atoms. The Hall–Kier alpha value is -1.91. The van der Waals surface area contributed by atoms with E-state index in [1.807, 2.05) is 30.5 Å². The second-order valence-corrected chi connectivity index (χ2v) is 5.54. The molecule has 0 aliphatic heterocycles. The van der Waals surface area contributed by atoms with Crippen molar-refractivity contribution in [3.05, 3.63) is 58.4 Å². The third kappa shape index (κ3) is 2.66. The molecule has 2 N–H and O–H groups in total. The molecule has 0 spiro atoms. The fourth-order valence-corrected chi connectivity index (χ4v) is 2.87. The lowest BCUT2D eigenvalue weighted by Crippen LogP contribution is -2.06. The average molecular weight is 284 g/mol. The molecule has 0 fully saturated rings. The molecule has 0 atom stereocenters. The second-order valence-electron chi connectivity index (χ2n) is 4.51. The number of thiophene rings is 1. The van der Waals surface area contributed by atoms with E-state index in [-0.39, 0.29) is 0 Å². The van der Waals surface area contributed by atoms with Crippen LogP contribution in [-0.2, 0) is 13.0 Å². The van der Waals surface area contributed by atoms with Gasteiger partial charge in [-0.2, -0.15) is 0 Å². The Bertz CT molecular complexity index is 695. The Labute approximate surface area is 122 Å². The number of nitrogens with two attached hydrogens (primary N) is 1. The van der Waals surface area contributed by atoms with Crippen LogP contribution in [0.5, 0.6) is 5.75 Å². The third-order valence-electron chi connectivity index (χ3n) is 3.19. The van der Waals surface area contributed by atoms with Crippen LogP contribution in [0.4, 0.5) is 0 Å². The molecule has 102 valence electrons. The number of rotatable bonds is 5. The molecule has 0 aliphatic carbocycles. The summed E-state index contributed by atoms with van der Waals surface area (Å²) in [4.78, 5) is 5.74. The van der Waals surface area contributed by atoms with Gasteiger partial charge in [0.1, 0.15) is 5.75 Å². The quantitative estimate of drug-likeness (QED) is 0.781. The molecule has 0 saturated heterocycles. The molecule has 0 bridgehead atoms. The van der Waals surface area contributed by atoms with Crippen molar-refractivity contribution < 1.29 is 4.74 Å². The van der Waals surface area contributed by atoms with Crippen LogP contribution in [-0.4, -0.2) is 11.6 Å². The van der Waals surface area contributed by atoms with E-state index in [9.17, 15) is 0 Å². The highest BCUT2D eigenvalue weighted by Gasteiger charge is 2.09. The maximum Gasteiger partial charge on any atom is 0.134 e. The van der Waals surface area contributed by atoms with Crippen LogP contribution >= 0.6 is 11.3 Å². The molecular weight excluding hydrogens is 268 g/mol. The molecule has 1 aromatic carbocycles. The van der Waals surface area contributed by atoms with Gasteiger partial charge in [-0.05, 0) is 23.6 Å². The first-order chi connectivity index (χ1) is 9.88. The van der Waals surface area contributed by atoms with Gasteiger partial charge in [0.2, 0.25) is 0 Å². The van der Waals surface area contributed by atoms with Gasteiger partial charge in [0.15, 0.2) is 0 Å². The predicted molar refractivity (Wildman–Crippen MR) is 83.2 cm³/mol. The number of aromatic nitrogens is 1.